The highest BCUT2D eigenvalue weighted by molar-refractivity contribution is 7.22. The lowest BCUT2D eigenvalue weighted by Crippen LogP contribution is -2.25. The van der Waals surface area contributed by atoms with Crippen molar-refractivity contribution in [1.82, 2.24) is 4.98 Å². The molecule has 0 aliphatic rings. The van der Waals surface area contributed by atoms with Crippen LogP contribution >= 0.6 is 34.3 Å². The van der Waals surface area contributed by atoms with E-state index < -0.39 is 0 Å². The number of fused-ring (bicyclic) bond motifs is 2. The molecule has 0 fully saturated rings. The number of carbonyl (C=O) groups is 1. The van der Waals surface area contributed by atoms with Crippen molar-refractivity contribution in [2.75, 3.05) is 5.01 Å². The average Bonchev–Trinajstić information content (AvgIpc) is 3.41. The van der Waals surface area contributed by atoms with Crippen molar-refractivity contribution in [3.05, 3.63) is 91.4 Å². The van der Waals surface area contributed by atoms with E-state index in [0.29, 0.717) is 25.3 Å². The molecule has 0 atom stereocenters. The zero-order valence-electron chi connectivity index (χ0n) is 16.6. The van der Waals surface area contributed by atoms with E-state index in [4.69, 9.17) is 16.0 Å². The lowest BCUT2D eigenvalue weighted by molar-refractivity contribution is 0.0991. The summed E-state index contributed by atoms with van der Waals surface area (Å²) < 4.78 is 6.97. The minimum absolute atomic E-state index is 0.225. The summed E-state index contributed by atoms with van der Waals surface area (Å²) in [5, 5.41) is 6.37. The van der Waals surface area contributed by atoms with Gasteiger partial charge in [0.15, 0.2) is 0 Å². The van der Waals surface area contributed by atoms with Gasteiger partial charge in [-0.25, -0.2) is 4.98 Å². The predicted octanol–water partition coefficient (Wildman–Crippen LogP) is 6.11. The summed E-state index contributed by atoms with van der Waals surface area (Å²) in [6.07, 6.45) is 2.66. The van der Waals surface area contributed by atoms with Gasteiger partial charge in [-0.2, -0.15) is 10.1 Å². The van der Waals surface area contributed by atoms with E-state index in [-0.39, 0.29) is 16.9 Å². The van der Waals surface area contributed by atoms with Gasteiger partial charge in [-0.3, -0.25) is 9.59 Å². The van der Waals surface area contributed by atoms with Crippen molar-refractivity contribution in [1.29, 1.82) is 0 Å². The number of halogens is 1. The number of hydrogen-bond acceptors (Lipinski definition) is 7. The number of thiophene rings is 1. The molecule has 0 N–H and O–H groups in total. The number of hydrogen-bond donors (Lipinski definition) is 0. The van der Waals surface area contributed by atoms with Gasteiger partial charge in [0.25, 0.3) is 5.91 Å². The zero-order valence-corrected chi connectivity index (χ0v) is 19.0. The van der Waals surface area contributed by atoms with Crippen LogP contribution in [0, 0.1) is 6.92 Å². The van der Waals surface area contributed by atoms with E-state index in [2.05, 4.69) is 10.1 Å². The summed E-state index contributed by atoms with van der Waals surface area (Å²) in [6.45, 7) is 1.99. The van der Waals surface area contributed by atoms with Crippen molar-refractivity contribution >= 4 is 72.7 Å². The highest BCUT2D eigenvalue weighted by Crippen LogP contribution is 2.32. The van der Waals surface area contributed by atoms with Crippen LogP contribution in [0.4, 0.5) is 5.13 Å². The molecule has 3 heterocycles. The number of aromatic nitrogens is 1. The van der Waals surface area contributed by atoms with Crippen molar-refractivity contribution in [2.45, 2.75) is 6.92 Å². The van der Waals surface area contributed by atoms with Gasteiger partial charge in [-0.1, -0.05) is 41.1 Å². The number of rotatable bonds is 4. The molecule has 6 nitrogen and oxygen atoms in total. The Balaban J connectivity index is 1.60. The molecule has 0 unspecified atom stereocenters. The number of thiazole rings is 1. The first-order valence-corrected chi connectivity index (χ1v) is 11.5. The second-order valence-corrected chi connectivity index (χ2v) is 9.67. The summed E-state index contributed by atoms with van der Waals surface area (Å²) in [4.78, 5) is 31.0. The Labute approximate surface area is 195 Å². The van der Waals surface area contributed by atoms with E-state index in [1.807, 2.05) is 25.1 Å². The Morgan fingerprint density at radius 2 is 2.00 bits per heavy atom. The normalized spacial score (nSPS) is 11.6. The first-order valence-electron chi connectivity index (χ1n) is 9.51. The number of amides is 1. The SMILES string of the molecule is Cc1ccc2nc(N(/N=C/c3coc4ccccc4c3=O)C(=O)c3ccc(Cl)s3)sc2c1. The Morgan fingerprint density at radius 1 is 1.16 bits per heavy atom. The number of benzene rings is 2. The number of nitrogens with zero attached hydrogens (tertiary/aromatic N) is 3. The summed E-state index contributed by atoms with van der Waals surface area (Å²) >= 11 is 8.52. The van der Waals surface area contributed by atoms with Crippen LogP contribution in [0.3, 0.4) is 0 Å². The zero-order chi connectivity index (χ0) is 22.2. The van der Waals surface area contributed by atoms with E-state index in [0.717, 1.165) is 27.1 Å². The molecule has 3 aromatic heterocycles. The Kier molecular flexibility index (Phi) is 5.34. The van der Waals surface area contributed by atoms with Gasteiger partial charge in [0.1, 0.15) is 11.8 Å². The molecular formula is C23H14ClN3O3S2. The molecule has 0 saturated carbocycles. The molecule has 5 rings (SSSR count). The van der Waals surface area contributed by atoms with Gasteiger partial charge in [0, 0.05) is 0 Å². The Morgan fingerprint density at radius 3 is 2.81 bits per heavy atom. The third kappa shape index (κ3) is 3.84. The Hall–Kier alpha value is -3.33. The van der Waals surface area contributed by atoms with Crippen LogP contribution < -0.4 is 10.4 Å². The van der Waals surface area contributed by atoms with Gasteiger partial charge in [-0.05, 0) is 48.9 Å². The second-order valence-electron chi connectivity index (χ2n) is 6.95. The average molecular weight is 480 g/mol. The number of carbonyl (C=O) groups excluding carboxylic acids is 1. The number of aryl methyl sites for hydroxylation is 1. The number of anilines is 1. The highest BCUT2D eigenvalue weighted by Gasteiger charge is 2.23. The maximum atomic E-state index is 13.2. The first-order chi connectivity index (χ1) is 15.5. The van der Waals surface area contributed by atoms with Gasteiger partial charge in [0.05, 0.1) is 36.6 Å². The number of para-hydroxylation sites is 1. The van der Waals surface area contributed by atoms with E-state index >= 15 is 0 Å². The number of hydrazone groups is 1. The quantitative estimate of drug-likeness (QED) is 0.230. The fourth-order valence-corrected chi connectivity index (χ4v) is 5.12. The highest BCUT2D eigenvalue weighted by atomic mass is 35.5. The molecule has 0 aliphatic heterocycles. The first kappa shape index (κ1) is 20.6. The molecule has 0 aliphatic carbocycles. The Bertz CT molecular complexity index is 1570. The standard InChI is InChI=1S/C23H14ClN3O3S2/c1-13-6-7-16-19(10-13)32-23(26-16)27(22(29)18-8-9-20(24)31-18)25-11-14-12-30-17-5-3-2-4-15(17)21(14)28/h2-12H,1H3/b25-11+. The summed E-state index contributed by atoms with van der Waals surface area (Å²) in [5.74, 6) is -0.390. The van der Waals surface area contributed by atoms with Crippen LogP contribution in [0.2, 0.25) is 4.34 Å². The third-order valence-electron chi connectivity index (χ3n) is 4.71. The fourth-order valence-electron chi connectivity index (χ4n) is 3.13. The van der Waals surface area contributed by atoms with Gasteiger partial charge >= 0.3 is 0 Å². The predicted molar refractivity (Wildman–Crippen MR) is 131 cm³/mol. The topological polar surface area (TPSA) is 75.8 Å². The minimum Gasteiger partial charge on any atom is -0.463 e. The van der Waals surface area contributed by atoms with E-state index in [1.54, 1.807) is 36.4 Å². The van der Waals surface area contributed by atoms with Gasteiger partial charge in [-0.15, -0.1) is 11.3 Å². The molecule has 0 bridgehead atoms. The summed E-state index contributed by atoms with van der Waals surface area (Å²) in [5.41, 5.74) is 2.33. The fraction of sp³-hybridized carbons (Fsp3) is 0.0435. The van der Waals surface area contributed by atoms with Crippen LogP contribution in [-0.4, -0.2) is 17.1 Å². The van der Waals surface area contributed by atoms with E-state index in [1.165, 1.54) is 28.8 Å². The minimum atomic E-state index is -0.390. The van der Waals surface area contributed by atoms with Crippen LogP contribution in [0.1, 0.15) is 20.8 Å². The van der Waals surface area contributed by atoms with Crippen LogP contribution in [0.15, 0.2) is 75.2 Å². The molecule has 2 aromatic carbocycles. The molecule has 32 heavy (non-hydrogen) atoms. The lowest BCUT2D eigenvalue weighted by atomic mass is 10.2. The maximum absolute atomic E-state index is 13.2. The van der Waals surface area contributed by atoms with Crippen LogP contribution in [-0.2, 0) is 0 Å². The van der Waals surface area contributed by atoms with Crippen LogP contribution in [0.25, 0.3) is 21.2 Å². The maximum Gasteiger partial charge on any atom is 0.290 e. The van der Waals surface area contributed by atoms with Gasteiger partial charge in [0.2, 0.25) is 10.6 Å². The second kappa shape index (κ2) is 8.31. The van der Waals surface area contributed by atoms with Crippen molar-refractivity contribution < 1.29 is 9.21 Å². The smallest absolute Gasteiger partial charge is 0.290 e. The molecular weight excluding hydrogens is 466 g/mol. The lowest BCUT2D eigenvalue weighted by Gasteiger charge is -2.12. The molecule has 1 amide bonds. The van der Waals surface area contributed by atoms with Crippen molar-refractivity contribution in [3.63, 3.8) is 0 Å². The summed E-state index contributed by atoms with van der Waals surface area (Å²) in [6, 6.07) is 16.1. The van der Waals surface area contributed by atoms with Crippen molar-refractivity contribution in [2.24, 2.45) is 5.10 Å². The third-order valence-corrected chi connectivity index (χ3v) is 6.92. The van der Waals surface area contributed by atoms with Crippen molar-refractivity contribution in [3.8, 4) is 0 Å². The largest absolute Gasteiger partial charge is 0.463 e. The summed E-state index contributed by atoms with van der Waals surface area (Å²) in [7, 11) is 0. The molecule has 0 radical (unpaired) electrons. The molecule has 0 saturated heterocycles. The molecule has 5 aromatic rings. The monoisotopic (exact) mass is 479 g/mol. The molecule has 9 heteroatoms. The van der Waals surface area contributed by atoms with E-state index in [9.17, 15) is 9.59 Å². The molecule has 158 valence electrons. The molecule has 0 spiro atoms. The van der Waals surface area contributed by atoms with Gasteiger partial charge < -0.3 is 4.42 Å². The van der Waals surface area contributed by atoms with Crippen LogP contribution in [0.5, 0.6) is 0 Å².